The molecule has 0 aromatic heterocycles. The summed E-state index contributed by atoms with van der Waals surface area (Å²) >= 11 is 1.85. The second-order valence-electron chi connectivity index (χ2n) is 3.47. The molecular weight excluding hydrogens is 337 g/mol. The van der Waals surface area contributed by atoms with E-state index in [4.69, 9.17) is 4.74 Å². The Labute approximate surface area is 112 Å². The van der Waals surface area contributed by atoms with Crippen LogP contribution in [0, 0.1) is 15.2 Å². The highest BCUT2D eigenvalue weighted by atomic mass is 127. The van der Waals surface area contributed by atoms with Gasteiger partial charge in [0.15, 0.2) is 17.4 Å². The summed E-state index contributed by atoms with van der Waals surface area (Å²) in [6.45, 7) is 0.148. The van der Waals surface area contributed by atoms with Crippen LogP contribution in [0.15, 0.2) is 42.5 Å². The fraction of sp³-hybridized carbons (Fsp3) is 0.0769. The number of rotatable bonds is 3. The van der Waals surface area contributed by atoms with Gasteiger partial charge in [-0.3, -0.25) is 0 Å². The first-order chi connectivity index (χ1) is 8.16. The van der Waals surface area contributed by atoms with E-state index in [1.807, 2.05) is 52.9 Å². The predicted octanol–water partition coefficient (Wildman–Crippen LogP) is 4.15. The van der Waals surface area contributed by atoms with Crippen LogP contribution >= 0.6 is 22.6 Å². The summed E-state index contributed by atoms with van der Waals surface area (Å²) in [4.78, 5) is 0. The van der Waals surface area contributed by atoms with Crippen molar-refractivity contribution in [3.8, 4) is 5.75 Å². The van der Waals surface area contributed by atoms with Gasteiger partial charge in [-0.05, 0) is 40.3 Å². The number of hydrogen-bond acceptors (Lipinski definition) is 1. The standard InChI is InChI=1S/C13H9F2IO/c14-11-6-10(16)7-12(15)13(11)17-8-9-4-2-1-3-5-9/h1-7H,8H2. The second-order valence-corrected chi connectivity index (χ2v) is 4.72. The number of ether oxygens (including phenoxy) is 1. The van der Waals surface area contributed by atoms with Crippen molar-refractivity contribution < 1.29 is 13.5 Å². The summed E-state index contributed by atoms with van der Waals surface area (Å²) in [6.07, 6.45) is 0. The summed E-state index contributed by atoms with van der Waals surface area (Å²) in [7, 11) is 0. The molecule has 2 rings (SSSR count). The van der Waals surface area contributed by atoms with Gasteiger partial charge >= 0.3 is 0 Å². The topological polar surface area (TPSA) is 9.23 Å². The summed E-state index contributed by atoms with van der Waals surface area (Å²) in [5, 5.41) is 0. The van der Waals surface area contributed by atoms with Crippen LogP contribution in [0.1, 0.15) is 5.56 Å². The van der Waals surface area contributed by atoms with Crippen LogP contribution in [0.4, 0.5) is 8.78 Å². The van der Waals surface area contributed by atoms with Gasteiger partial charge in [0.05, 0.1) is 0 Å². The van der Waals surface area contributed by atoms with Gasteiger partial charge in [-0.1, -0.05) is 30.3 Å². The van der Waals surface area contributed by atoms with E-state index in [-0.39, 0.29) is 12.4 Å². The summed E-state index contributed by atoms with van der Waals surface area (Å²) < 4.78 is 32.5. The van der Waals surface area contributed by atoms with Gasteiger partial charge < -0.3 is 4.74 Å². The minimum Gasteiger partial charge on any atom is -0.483 e. The highest BCUT2D eigenvalue weighted by molar-refractivity contribution is 14.1. The van der Waals surface area contributed by atoms with E-state index in [1.165, 1.54) is 12.1 Å². The van der Waals surface area contributed by atoms with Gasteiger partial charge in [-0.15, -0.1) is 0 Å². The van der Waals surface area contributed by atoms with E-state index < -0.39 is 11.6 Å². The molecule has 0 atom stereocenters. The third-order valence-corrected chi connectivity index (χ3v) is 2.81. The van der Waals surface area contributed by atoms with Crippen molar-refractivity contribution in [1.29, 1.82) is 0 Å². The van der Waals surface area contributed by atoms with Gasteiger partial charge in [-0.25, -0.2) is 8.78 Å². The van der Waals surface area contributed by atoms with Gasteiger partial charge in [0.25, 0.3) is 0 Å². The molecule has 0 spiro atoms. The van der Waals surface area contributed by atoms with E-state index in [0.717, 1.165) is 5.56 Å². The molecular formula is C13H9F2IO. The van der Waals surface area contributed by atoms with Crippen molar-refractivity contribution >= 4 is 22.6 Å². The predicted molar refractivity (Wildman–Crippen MR) is 69.8 cm³/mol. The van der Waals surface area contributed by atoms with E-state index in [2.05, 4.69) is 0 Å². The molecule has 0 heterocycles. The maximum Gasteiger partial charge on any atom is 0.191 e. The fourth-order valence-electron chi connectivity index (χ4n) is 1.40. The molecule has 0 radical (unpaired) electrons. The van der Waals surface area contributed by atoms with Crippen molar-refractivity contribution in [2.75, 3.05) is 0 Å². The lowest BCUT2D eigenvalue weighted by Crippen LogP contribution is -2.00. The Bertz CT molecular complexity index is 491. The lowest BCUT2D eigenvalue weighted by molar-refractivity contribution is 0.274. The van der Waals surface area contributed by atoms with Crippen LogP contribution in [-0.4, -0.2) is 0 Å². The molecule has 0 aliphatic heterocycles. The number of benzene rings is 2. The van der Waals surface area contributed by atoms with Crippen molar-refractivity contribution in [1.82, 2.24) is 0 Å². The van der Waals surface area contributed by atoms with Crippen LogP contribution in [0.5, 0.6) is 5.75 Å². The maximum absolute atomic E-state index is 13.4. The van der Waals surface area contributed by atoms with E-state index >= 15 is 0 Å². The molecule has 0 aliphatic rings. The van der Waals surface area contributed by atoms with Gasteiger partial charge in [0, 0.05) is 3.57 Å². The Morgan fingerprint density at radius 3 is 2.18 bits per heavy atom. The normalized spacial score (nSPS) is 10.3. The average molecular weight is 346 g/mol. The SMILES string of the molecule is Fc1cc(I)cc(F)c1OCc1ccccc1. The quantitative estimate of drug-likeness (QED) is 0.759. The average Bonchev–Trinajstić information content (AvgIpc) is 2.29. The van der Waals surface area contributed by atoms with Gasteiger partial charge in [0.1, 0.15) is 6.61 Å². The highest BCUT2D eigenvalue weighted by Crippen LogP contribution is 2.24. The first-order valence-electron chi connectivity index (χ1n) is 4.98. The monoisotopic (exact) mass is 346 g/mol. The summed E-state index contributed by atoms with van der Waals surface area (Å²) in [6, 6.07) is 11.7. The molecule has 0 saturated heterocycles. The molecule has 1 nitrogen and oxygen atoms in total. The Morgan fingerprint density at radius 2 is 1.59 bits per heavy atom. The molecule has 4 heteroatoms. The van der Waals surface area contributed by atoms with Crippen molar-refractivity contribution in [3.63, 3.8) is 0 Å². The lowest BCUT2D eigenvalue weighted by atomic mass is 10.2. The smallest absolute Gasteiger partial charge is 0.191 e. The molecule has 0 unspecified atom stereocenters. The number of halogens is 3. The third-order valence-electron chi connectivity index (χ3n) is 2.19. The molecule has 0 saturated carbocycles. The largest absolute Gasteiger partial charge is 0.483 e. The molecule has 88 valence electrons. The maximum atomic E-state index is 13.4. The van der Waals surface area contributed by atoms with Crippen molar-refractivity contribution in [2.45, 2.75) is 6.61 Å². The zero-order valence-corrected chi connectivity index (χ0v) is 10.9. The molecule has 2 aromatic carbocycles. The van der Waals surface area contributed by atoms with Gasteiger partial charge in [-0.2, -0.15) is 0 Å². The van der Waals surface area contributed by atoms with Crippen LogP contribution < -0.4 is 4.74 Å². The summed E-state index contributed by atoms with van der Waals surface area (Å²) in [5.41, 5.74) is 0.866. The molecule has 0 aliphatic carbocycles. The Morgan fingerprint density at radius 1 is 1.00 bits per heavy atom. The second kappa shape index (κ2) is 5.44. The lowest BCUT2D eigenvalue weighted by Gasteiger charge is -2.08. The molecule has 0 N–H and O–H groups in total. The zero-order chi connectivity index (χ0) is 12.3. The van der Waals surface area contributed by atoms with Crippen molar-refractivity contribution in [2.24, 2.45) is 0 Å². The van der Waals surface area contributed by atoms with E-state index in [9.17, 15) is 8.78 Å². The van der Waals surface area contributed by atoms with E-state index in [1.54, 1.807) is 0 Å². The highest BCUT2D eigenvalue weighted by Gasteiger charge is 2.11. The number of hydrogen-bond donors (Lipinski definition) is 0. The first-order valence-corrected chi connectivity index (χ1v) is 6.06. The van der Waals surface area contributed by atoms with Crippen molar-refractivity contribution in [3.05, 3.63) is 63.2 Å². The fourth-order valence-corrected chi connectivity index (χ4v) is 1.94. The van der Waals surface area contributed by atoms with Crippen LogP contribution in [-0.2, 0) is 6.61 Å². The van der Waals surface area contributed by atoms with Crippen LogP contribution in [0.2, 0.25) is 0 Å². The minimum atomic E-state index is -0.676. The molecule has 0 fully saturated rings. The molecule has 0 amide bonds. The van der Waals surface area contributed by atoms with Crippen LogP contribution in [0.3, 0.4) is 0 Å². The molecule has 17 heavy (non-hydrogen) atoms. The van der Waals surface area contributed by atoms with Crippen LogP contribution in [0.25, 0.3) is 0 Å². The zero-order valence-electron chi connectivity index (χ0n) is 8.79. The summed E-state index contributed by atoms with van der Waals surface area (Å²) in [5.74, 6) is -1.68. The minimum absolute atomic E-state index is 0.148. The Balaban J connectivity index is 2.15. The first kappa shape index (κ1) is 12.3. The Kier molecular flexibility index (Phi) is 3.93. The molecule has 0 bridgehead atoms. The third kappa shape index (κ3) is 3.15. The van der Waals surface area contributed by atoms with Gasteiger partial charge in [0.2, 0.25) is 0 Å². The Hall–Kier alpha value is -1.17. The molecule has 2 aromatic rings. The van der Waals surface area contributed by atoms with E-state index in [0.29, 0.717) is 3.57 Å².